The summed E-state index contributed by atoms with van der Waals surface area (Å²) in [6.45, 7) is 1.48. The maximum atomic E-state index is 12.6. The van der Waals surface area contributed by atoms with E-state index in [2.05, 4.69) is 10.6 Å². The number of rotatable bonds is 2. The Morgan fingerprint density at radius 2 is 2.10 bits per heavy atom. The lowest BCUT2D eigenvalue weighted by Crippen LogP contribution is -2.54. The minimum atomic E-state index is -0.886. The first-order chi connectivity index (χ1) is 9.90. The third kappa shape index (κ3) is 2.70. The molecule has 3 N–H and O–H groups in total. The number of hydrogen-bond donors (Lipinski definition) is 3. The van der Waals surface area contributed by atoms with Crippen molar-refractivity contribution in [1.82, 2.24) is 20.9 Å². The molecule has 2 unspecified atom stereocenters. The molecular formula is C13H20N4O4. The van der Waals surface area contributed by atoms with Gasteiger partial charge in [-0.15, -0.1) is 0 Å². The molecule has 0 radical (unpaired) electrons. The van der Waals surface area contributed by atoms with E-state index in [-0.39, 0.29) is 11.8 Å². The van der Waals surface area contributed by atoms with Crippen LogP contribution in [0.25, 0.3) is 0 Å². The summed E-state index contributed by atoms with van der Waals surface area (Å²) in [6, 6.07) is -1.24. The maximum Gasteiger partial charge on any atom is 0.325 e. The van der Waals surface area contributed by atoms with Crippen molar-refractivity contribution in [2.24, 2.45) is 5.92 Å². The molecule has 1 spiro atoms. The Balaban J connectivity index is 2.08. The van der Waals surface area contributed by atoms with Crippen LogP contribution in [0.15, 0.2) is 0 Å². The van der Waals surface area contributed by atoms with Crippen LogP contribution < -0.4 is 16.0 Å². The van der Waals surface area contributed by atoms with Gasteiger partial charge in [-0.25, -0.2) is 9.59 Å². The van der Waals surface area contributed by atoms with Gasteiger partial charge in [-0.3, -0.25) is 19.8 Å². The highest BCUT2D eigenvalue weighted by molar-refractivity contribution is 6.10. The summed E-state index contributed by atoms with van der Waals surface area (Å²) in [5.41, 5.74) is -0.886. The largest absolute Gasteiger partial charge is 0.341 e. The highest BCUT2D eigenvalue weighted by atomic mass is 16.2. The van der Waals surface area contributed by atoms with Crippen molar-refractivity contribution in [2.75, 3.05) is 13.6 Å². The van der Waals surface area contributed by atoms with Gasteiger partial charge in [-0.2, -0.15) is 0 Å². The molecule has 116 valence electrons. The lowest BCUT2D eigenvalue weighted by atomic mass is 9.73. The Kier molecular flexibility index (Phi) is 4.15. The number of urea groups is 2. The van der Waals surface area contributed by atoms with Gasteiger partial charge >= 0.3 is 12.1 Å². The van der Waals surface area contributed by atoms with Crippen LogP contribution in [0.2, 0.25) is 0 Å². The van der Waals surface area contributed by atoms with Gasteiger partial charge in [0.25, 0.3) is 5.91 Å². The highest BCUT2D eigenvalue weighted by Gasteiger charge is 2.55. The number of nitrogens with one attached hydrogen (secondary N) is 3. The van der Waals surface area contributed by atoms with Crippen LogP contribution in [0.1, 0.15) is 32.6 Å². The molecule has 0 aromatic rings. The molecule has 2 atom stereocenters. The summed E-state index contributed by atoms with van der Waals surface area (Å²) in [5.74, 6) is -1.03. The van der Waals surface area contributed by atoms with E-state index in [0.717, 1.165) is 24.2 Å². The predicted molar refractivity (Wildman–Crippen MR) is 73.2 cm³/mol. The molecule has 0 aromatic carbocycles. The Bertz CT molecular complexity index is 493. The molecule has 0 bridgehead atoms. The fourth-order valence-corrected chi connectivity index (χ4v) is 3.01. The molecule has 2 fully saturated rings. The van der Waals surface area contributed by atoms with E-state index in [0.29, 0.717) is 6.42 Å². The lowest BCUT2D eigenvalue weighted by molar-refractivity contribution is -0.137. The third-order valence-corrected chi connectivity index (χ3v) is 4.28. The minimum absolute atomic E-state index is 0.0368. The van der Waals surface area contributed by atoms with E-state index in [1.807, 2.05) is 12.2 Å². The maximum absolute atomic E-state index is 12.6. The van der Waals surface area contributed by atoms with Gasteiger partial charge in [0.15, 0.2) is 0 Å². The fourth-order valence-electron chi connectivity index (χ4n) is 3.01. The minimum Gasteiger partial charge on any atom is -0.341 e. The molecule has 1 saturated carbocycles. The lowest BCUT2D eigenvalue weighted by Gasteiger charge is -2.36. The zero-order chi connectivity index (χ0) is 15.6. The average Bonchev–Trinajstić information content (AvgIpc) is 2.67. The number of imide groups is 2. The smallest absolute Gasteiger partial charge is 0.325 e. The second kappa shape index (κ2) is 5.71. The number of carbonyl (C=O) groups is 4. The molecule has 2 aliphatic rings. The van der Waals surface area contributed by atoms with Gasteiger partial charge in [0.05, 0.1) is 0 Å². The highest BCUT2D eigenvalue weighted by Crippen LogP contribution is 2.37. The normalized spacial score (nSPS) is 28.5. The van der Waals surface area contributed by atoms with Crippen LogP contribution in [0.5, 0.6) is 0 Å². The summed E-state index contributed by atoms with van der Waals surface area (Å²) in [6.07, 6.45) is 3.36. The van der Waals surface area contributed by atoms with Crippen LogP contribution in [0.3, 0.4) is 0 Å². The molecule has 1 heterocycles. The van der Waals surface area contributed by atoms with Gasteiger partial charge in [0, 0.05) is 7.05 Å². The van der Waals surface area contributed by atoms with Gasteiger partial charge in [-0.1, -0.05) is 19.8 Å². The summed E-state index contributed by atoms with van der Waals surface area (Å²) in [5, 5.41) is 7.02. The zero-order valence-electron chi connectivity index (χ0n) is 12.2. The topological polar surface area (TPSA) is 108 Å². The van der Waals surface area contributed by atoms with E-state index in [4.69, 9.17) is 0 Å². The standard InChI is InChI=1S/C13H20N4O4/c1-8-5-3-4-6-13(8)10(19)17(12(21)16-13)7-9(18)15-11(20)14-2/h8H,3-7H2,1-2H3,(H,16,21)(H2,14,15,18,20). The number of nitrogens with zero attached hydrogens (tertiary/aromatic N) is 1. The van der Waals surface area contributed by atoms with E-state index in [1.165, 1.54) is 7.05 Å². The molecule has 0 aromatic heterocycles. The van der Waals surface area contributed by atoms with E-state index >= 15 is 0 Å². The SMILES string of the molecule is CNC(=O)NC(=O)CN1C(=O)NC2(CCCCC2C)C1=O. The van der Waals surface area contributed by atoms with Crippen molar-refractivity contribution in [3.05, 3.63) is 0 Å². The molecule has 8 nitrogen and oxygen atoms in total. The van der Waals surface area contributed by atoms with Crippen molar-refractivity contribution in [3.8, 4) is 0 Å². The van der Waals surface area contributed by atoms with Crippen molar-refractivity contribution < 1.29 is 19.2 Å². The number of carbonyl (C=O) groups excluding carboxylic acids is 4. The van der Waals surface area contributed by atoms with Gasteiger partial charge in [0.1, 0.15) is 12.1 Å². The van der Waals surface area contributed by atoms with Gasteiger partial charge in [-0.05, 0) is 18.8 Å². The second-order valence-corrected chi connectivity index (χ2v) is 5.57. The number of amides is 6. The van der Waals surface area contributed by atoms with Crippen LogP contribution in [-0.2, 0) is 9.59 Å². The predicted octanol–water partition coefficient (Wildman–Crippen LogP) is -0.0573. The van der Waals surface area contributed by atoms with Crippen LogP contribution in [0, 0.1) is 5.92 Å². The Morgan fingerprint density at radius 3 is 2.71 bits per heavy atom. The first-order valence-electron chi connectivity index (χ1n) is 7.06. The van der Waals surface area contributed by atoms with E-state index in [9.17, 15) is 19.2 Å². The van der Waals surface area contributed by atoms with Crippen molar-refractivity contribution in [2.45, 2.75) is 38.1 Å². The molecule has 1 aliphatic heterocycles. The molecule has 6 amide bonds. The van der Waals surface area contributed by atoms with Crippen molar-refractivity contribution >= 4 is 23.9 Å². The summed E-state index contributed by atoms with van der Waals surface area (Å²) >= 11 is 0. The summed E-state index contributed by atoms with van der Waals surface area (Å²) in [4.78, 5) is 48.2. The average molecular weight is 296 g/mol. The van der Waals surface area contributed by atoms with Gasteiger partial charge < -0.3 is 10.6 Å². The van der Waals surface area contributed by atoms with Crippen molar-refractivity contribution in [3.63, 3.8) is 0 Å². The quantitative estimate of drug-likeness (QED) is 0.620. The fraction of sp³-hybridized carbons (Fsp3) is 0.692. The molecule has 21 heavy (non-hydrogen) atoms. The van der Waals surface area contributed by atoms with E-state index < -0.39 is 30.1 Å². The first-order valence-corrected chi connectivity index (χ1v) is 7.06. The summed E-state index contributed by atoms with van der Waals surface area (Å²) in [7, 11) is 1.37. The molecule has 2 rings (SSSR count). The Labute approximate surface area is 122 Å². The monoisotopic (exact) mass is 296 g/mol. The Morgan fingerprint density at radius 1 is 1.38 bits per heavy atom. The Hall–Kier alpha value is -2.12. The molecular weight excluding hydrogens is 276 g/mol. The zero-order valence-corrected chi connectivity index (χ0v) is 12.2. The second-order valence-electron chi connectivity index (χ2n) is 5.57. The van der Waals surface area contributed by atoms with Crippen molar-refractivity contribution in [1.29, 1.82) is 0 Å². The molecule has 8 heteroatoms. The van der Waals surface area contributed by atoms with Gasteiger partial charge in [0.2, 0.25) is 5.91 Å². The van der Waals surface area contributed by atoms with Crippen LogP contribution in [0.4, 0.5) is 9.59 Å². The van der Waals surface area contributed by atoms with Crippen LogP contribution in [-0.4, -0.2) is 47.9 Å². The molecule has 1 aliphatic carbocycles. The third-order valence-electron chi connectivity index (χ3n) is 4.28. The molecule has 1 saturated heterocycles. The van der Waals surface area contributed by atoms with E-state index in [1.54, 1.807) is 0 Å². The summed E-state index contributed by atoms with van der Waals surface area (Å²) < 4.78 is 0. The number of hydrogen-bond acceptors (Lipinski definition) is 4. The first kappa shape index (κ1) is 15.3. The van der Waals surface area contributed by atoms with Crippen LogP contribution >= 0.6 is 0 Å².